The predicted octanol–water partition coefficient (Wildman–Crippen LogP) is 3.28. The Balaban J connectivity index is 2.28. The van der Waals surface area contributed by atoms with Crippen LogP contribution in [0, 0.1) is 19.7 Å². The monoisotopic (exact) mass is 258 g/mol. The molecule has 98 valence electrons. The van der Waals surface area contributed by atoms with Gasteiger partial charge in [0.25, 0.3) is 5.91 Å². The highest BCUT2D eigenvalue weighted by molar-refractivity contribution is 6.08. The molecule has 2 aromatic rings. The summed E-state index contributed by atoms with van der Waals surface area (Å²) in [6.07, 6.45) is 0. The zero-order valence-electron chi connectivity index (χ0n) is 10.8. The Bertz CT molecular complexity index is 638. The van der Waals surface area contributed by atoms with E-state index in [2.05, 4.69) is 5.32 Å². The molecule has 0 aliphatic heterocycles. The summed E-state index contributed by atoms with van der Waals surface area (Å²) in [6, 6.07) is 9.86. The first-order valence-electron chi connectivity index (χ1n) is 5.91. The Labute approximate surface area is 111 Å². The third-order valence-electron chi connectivity index (χ3n) is 2.93. The molecular formula is C15H15FN2O. The first-order chi connectivity index (χ1) is 8.99. The minimum absolute atomic E-state index is 0.134. The van der Waals surface area contributed by atoms with Crippen molar-refractivity contribution in [2.75, 3.05) is 11.1 Å². The van der Waals surface area contributed by atoms with Gasteiger partial charge in [-0.25, -0.2) is 4.39 Å². The van der Waals surface area contributed by atoms with Gasteiger partial charge < -0.3 is 11.1 Å². The number of carbonyl (C=O) groups is 1. The van der Waals surface area contributed by atoms with E-state index in [0.29, 0.717) is 5.69 Å². The molecule has 2 rings (SSSR count). The van der Waals surface area contributed by atoms with Crippen LogP contribution in [0.5, 0.6) is 0 Å². The molecule has 4 heteroatoms. The normalized spacial score (nSPS) is 10.3. The van der Waals surface area contributed by atoms with Crippen molar-refractivity contribution >= 4 is 17.3 Å². The Morgan fingerprint density at radius 2 is 1.95 bits per heavy atom. The molecular weight excluding hydrogens is 243 g/mol. The summed E-state index contributed by atoms with van der Waals surface area (Å²) in [5.41, 5.74) is 8.32. The molecule has 3 nitrogen and oxygen atoms in total. The highest BCUT2D eigenvalue weighted by Gasteiger charge is 2.13. The number of hydrogen-bond acceptors (Lipinski definition) is 2. The van der Waals surface area contributed by atoms with E-state index in [4.69, 9.17) is 5.73 Å². The lowest BCUT2D eigenvalue weighted by Gasteiger charge is -2.10. The number of nitrogen functional groups attached to an aromatic ring is 1. The van der Waals surface area contributed by atoms with E-state index < -0.39 is 11.7 Å². The summed E-state index contributed by atoms with van der Waals surface area (Å²) in [7, 11) is 0. The summed E-state index contributed by atoms with van der Waals surface area (Å²) >= 11 is 0. The molecule has 0 bridgehead atoms. The van der Waals surface area contributed by atoms with Crippen LogP contribution in [0.3, 0.4) is 0 Å². The Hall–Kier alpha value is -2.36. The van der Waals surface area contributed by atoms with Gasteiger partial charge >= 0.3 is 0 Å². The SMILES string of the molecule is Cc1ccc(NC(=O)c2cccc(F)c2N)c(C)c1. The van der Waals surface area contributed by atoms with Crippen LogP contribution < -0.4 is 11.1 Å². The van der Waals surface area contributed by atoms with Gasteiger partial charge in [-0.3, -0.25) is 4.79 Å². The van der Waals surface area contributed by atoms with E-state index in [1.54, 1.807) is 0 Å². The first kappa shape index (κ1) is 13.1. The molecule has 1 amide bonds. The molecule has 19 heavy (non-hydrogen) atoms. The average Bonchev–Trinajstić information content (AvgIpc) is 2.36. The van der Waals surface area contributed by atoms with Crippen LogP contribution in [-0.2, 0) is 0 Å². The van der Waals surface area contributed by atoms with Crippen molar-refractivity contribution in [3.05, 3.63) is 58.9 Å². The van der Waals surface area contributed by atoms with E-state index in [-0.39, 0.29) is 11.3 Å². The molecule has 0 radical (unpaired) electrons. The van der Waals surface area contributed by atoms with Crippen molar-refractivity contribution < 1.29 is 9.18 Å². The van der Waals surface area contributed by atoms with Gasteiger partial charge in [0.1, 0.15) is 5.82 Å². The molecule has 0 fully saturated rings. The van der Waals surface area contributed by atoms with E-state index in [9.17, 15) is 9.18 Å². The Morgan fingerprint density at radius 3 is 2.63 bits per heavy atom. The summed E-state index contributed by atoms with van der Waals surface area (Å²) < 4.78 is 13.3. The Kier molecular flexibility index (Phi) is 3.51. The van der Waals surface area contributed by atoms with E-state index in [1.807, 2.05) is 32.0 Å². The van der Waals surface area contributed by atoms with Crippen LogP contribution in [0.4, 0.5) is 15.8 Å². The maximum absolute atomic E-state index is 13.3. The molecule has 0 saturated heterocycles. The lowest BCUT2D eigenvalue weighted by Crippen LogP contribution is -2.15. The number of rotatable bonds is 2. The molecule has 3 N–H and O–H groups in total. The lowest BCUT2D eigenvalue weighted by molar-refractivity contribution is 0.102. The second-order valence-corrected chi connectivity index (χ2v) is 4.47. The fraction of sp³-hybridized carbons (Fsp3) is 0.133. The number of nitrogens with two attached hydrogens (primary N) is 1. The number of para-hydroxylation sites is 1. The number of hydrogen-bond donors (Lipinski definition) is 2. The van der Waals surface area contributed by atoms with Crippen molar-refractivity contribution in [3.8, 4) is 0 Å². The van der Waals surface area contributed by atoms with Crippen LogP contribution in [0.15, 0.2) is 36.4 Å². The number of halogens is 1. The number of anilines is 2. The van der Waals surface area contributed by atoms with Gasteiger partial charge in [-0.05, 0) is 37.6 Å². The van der Waals surface area contributed by atoms with E-state index in [1.165, 1.54) is 18.2 Å². The second-order valence-electron chi connectivity index (χ2n) is 4.47. The zero-order valence-corrected chi connectivity index (χ0v) is 10.8. The highest BCUT2D eigenvalue weighted by atomic mass is 19.1. The van der Waals surface area contributed by atoms with Crippen molar-refractivity contribution in [1.29, 1.82) is 0 Å². The largest absolute Gasteiger partial charge is 0.396 e. The molecule has 0 spiro atoms. The standard InChI is InChI=1S/C15H15FN2O/c1-9-6-7-13(10(2)8-9)18-15(19)11-4-3-5-12(16)14(11)17/h3-8H,17H2,1-2H3,(H,18,19). The molecule has 0 heterocycles. The molecule has 0 aliphatic carbocycles. The molecule has 0 saturated carbocycles. The first-order valence-corrected chi connectivity index (χ1v) is 5.91. The van der Waals surface area contributed by atoms with E-state index >= 15 is 0 Å². The Morgan fingerprint density at radius 1 is 1.21 bits per heavy atom. The second kappa shape index (κ2) is 5.10. The summed E-state index contributed by atoms with van der Waals surface area (Å²) in [5, 5.41) is 2.74. The highest BCUT2D eigenvalue weighted by Crippen LogP contribution is 2.20. The minimum atomic E-state index is -0.590. The molecule has 0 aromatic heterocycles. The van der Waals surface area contributed by atoms with Crippen molar-refractivity contribution in [2.24, 2.45) is 0 Å². The van der Waals surface area contributed by atoms with Crippen LogP contribution in [0.1, 0.15) is 21.5 Å². The van der Waals surface area contributed by atoms with Crippen LogP contribution in [0.25, 0.3) is 0 Å². The number of nitrogens with one attached hydrogen (secondary N) is 1. The summed E-state index contributed by atoms with van der Waals surface area (Å²) in [6.45, 7) is 3.88. The van der Waals surface area contributed by atoms with Gasteiger partial charge in [-0.1, -0.05) is 23.8 Å². The van der Waals surface area contributed by atoms with Crippen molar-refractivity contribution in [1.82, 2.24) is 0 Å². The number of amides is 1. The van der Waals surface area contributed by atoms with Gasteiger partial charge in [-0.15, -0.1) is 0 Å². The number of carbonyl (C=O) groups excluding carboxylic acids is 1. The maximum atomic E-state index is 13.3. The number of aryl methyl sites for hydroxylation is 2. The van der Waals surface area contributed by atoms with Crippen LogP contribution in [0.2, 0.25) is 0 Å². The topological polar surface area (TPSA) is 55.1 Å². The third kappa shape index (κ3) is 2.73. The molecule has 0 atom stereocenters. The summed E-state index contributed by atoms with van der Waals surface area (Å²) in [5.74, 6) is -1.00. The fourth-order valence-corrected chi connectivity index (χ4v) is 1.88. The van der Waals surface area contributed by atoms with E-state index in [0.717, 1.165) is 11.1 Å². The average molecular weight is 258 g/mol. The van der Waals surface area contributed by atoms with Gasteiger partial charge in [0.05, 0.1) is 11.3 Å². The predicted molar refractivity (Wildman–Crippen MR) is 74.7 cm³/mol. The maximum Gasteiger partial charge on any atom is 0.257 e. The van der Waals surface area contributed by atoms with Gasteiger partial charge in [0.2, 0.25) is 0 Å². The molecule has 2 aromatic carbocycles. The van der Waals surface area contributed by atoms with Crippen LogP contribution in [-0.4, -0.2) is 5.91 Å². The fourth-order valence-electron chi connectivity index (χ4n) is 1.88. The molecule has 0 aliphatic rings. The third-order valence-corrected chi connectivity index (χ3v) is 2.93. The summed E-state index contributed by atoms with van der Waals surface area (Å²) in [4.78, 5) is 12.1. The lowest BCUT2D eigenvalue weighted by atomic mass is 10.1. The van der Waals surface area contributed by atoms with Gasteiger partial charge in [0, 0.05) is 5.69 Å². The smallest absolute Gasteiger partial charge is 0.257 e. The van der Waals surface area contributed by atoms with Crippen molar-refractivity contribution in [3.63, 3.8) is 0 Å². The van der Waals surface area contributed by atoms with Gasteiger partial charge in [0.15, 0.2) is 0 Å². The molecule has 0 unspecified atom stereocenters. The number of benzene rings is 2. The quantitative estimate of drug-likeness (QED) is 0.812. The van der Waals surface area contributed by atoms with Crippen molar-refractivity contribution in [2.45, 2.75) is 13.8 Å². The van der Waals surface area contributed by atoms with Crippen LogP contribution >= 0.6 is 0 Å². The minimum Gasteiger partial charge on any atom is -0.396 e. The van der Waals surface area contributed by atoms with Gasteiger partial charge in [-0.2, -0.15) is 0 Å². The zero-order chi connectivity index (χ0) is 14.0.